The van der Waals surface area contributed by atoms with Crippen LogP contribution in [-0.2, 0) is 10.2 Å². The molecule has 0 aromatic carbocycles. The topological polar surface area (TPSA) is 74.3 Å². The van der Waals surface area contributed by atoms with E-state index in [2.05, 4.69) is 15.6 Å². The van der Waals surface area contributed by atoms with Crippen LogP contribution in [0.2, 0.25) is 5.02 Å². The Morgan fingerprint density at radius 1 is 1.52 bits per heavy atom. The molecule has 23 heavy (non-hydrogen) atoms. The van der Waals surface area contributed by atoms with Crippen molar-refractivity contribution in [2.24, 2.45) is 0 Å². The molecule has 1 unspecified atom stereocenters. The van der Waals surface area contributed by atoms with E-state index in [1.807, 2.05) is 26.8 Å². The van der Waals surface area contributed by atoms with Crippen molar-refractivity contribution in [1.82, 2.24) is 20.5 Å². The number of amides is 3. The first-order valence-electron chi connectivity index (χ1n) is 7.73. The molecule has 2 heterocycles. The number of hydrogen-bond donors (Lipinski definition) is 2. The fraction of sp³-hybridized carbons (Fsp3) is 0.562. The highest BCUT2D eigenvalue weighted by atomic mass is 35.5. The molecule has 0 aliphatic carbocycles. The van der Waals surface area contributed by atoms with Crippen molar-refractivity contribution in [1.29, 1.82) is 0 Å². The number of nitrogens with one attached hydrogen (secondary N) is 2. The number of pyridine rings is 1. The van der Waals surface area contributed by atoms with E-state index in [-0.39, 0.29) is 23.4 Å². The van der Waals surface area contributed by atoms with Gasteiger partial charge in [0.05, 0.1) is 5.02 Å². The monoisotopic (exact) mass is 338 g/mol. The molecule has 2 N–H and O–H groups in total. The van der Waals surface area contributed by atoms with Crippen LogP contribution >= 0.6 is 11.6 Å². The van der Waals surface area contributed by atoms with E-state index in [1.165, 1.54) is 0 Å². The minimum absolute atomic E-state index is 0.0153. The van der Waals surface area contributed by atoms with Gasteiger partial charge in [0.25, 0.3) is 0 Å². The van der Waals surface area contributed by atoms with E-state index in [9.17, 15) is 9.59 Å². The third kappa shape index (κ3) is 4.58. The molecule has 1 aromatic heterocycles. The van der Waals surface area contributed by atoms with Gasteiger partial charge in [0.2, 0.25) is 5.91 Å². The molecule has 1 aliphatic rings. The van der Waals surface area contributed by atoms with E-state index in [4.69, 9.17) is 11.6 Å². The molecule has 0 spiro atoms. The van der Waals surface area contributed by atoms with Crippen LogP contribution in [0, 0.1) is 0 Å². The van der Waals surface area contributed by atoms with Gasteiger partial charge in [-0.15, -0.1) is 0 Å². The van der Waals surface area contributed by atoms with Gasteiger partial charge < -0.3 is 15.5 Å². The van der Waals surface area contributed by atoms with E-state index in [1.54, 1.807) is 17.2 Å². The average molecular weight is 339 g/mol. The van der Waals surface area contributed by atoms with Crippen LogP contribution in [0.25, 0.3) is 0 Å². The molecule has 3 amide bonds. The fourth-order valence-corrected chi connectivity index (χ4v) is 2.67. The highest BCUT2D eigenvalue weighted by Gasteiger charge is 2.28. The zero-order chi connectivity index (χ0) is 17.0. The predicted octanol–water partition coefficient (Wildman–Crippen LogP) is 1.93. The number of rotatable bonds is 3. The summed E-state index contributed by atoms with van der Waals surface area (Å²) >= 11 is 5.86. The summed E-state index contributed by atoms with van der Waals surface area (Å²) < 4.78 is 0. The lowest BCUT2D eigenvalue weighted by atomic mass is 9.89. The minimum atomic E-state index is -0.316. The number of carbonyl (C=O) groups excluding carboxylic acids is 2. The van der Waals surface area contributed by atoms with Crippen molar-refractivity contribution in [3.8, 4) is 0 Å². The molecule has 7 heteroatoms. The Morgan fingerprint density at radius 3 is 2.91 bits per heavy atom. The highest BCUT2D eigenvalue weighted by Crippen LogP contribution is 2.21. The van der Waals surface area contributed by atoms with Gasteiger partial charge in [-0.2, -0.15) is 0 Å². The molecule has 1 fully saturated rings. The Labute approximate surface area is 141 Å². The summed E-state index contributed by atoms with van der Waals surface area (Å²) in [6.07, 6.45) is 1.93. The molecule has 1 saturated heterocycles. The smallest absolute Gasteiger partial charge is 0.317 e. The molecule has 1 atom stereocenters. The van der Waals surface area contributed by atoms with Crippen LogP contribution in [-0.4, -0.2) is 47.5 Å². The molecule has 6 nitrogen and oxygen atoms in total. The van der Waals surface area contributed by atoms with Crippen molar-refractivity contribution in [2.75, 3.05) is 19.6 Å². The Balaban J connectivity index is 1.97. The maximum atomic E-state index is 12.4. The second kappa shape index (κ2) is 7.17. The molecule has 0 saturated carbocycles. The number of hydrogen-bond acceptors (Lipinski definition) is 3. The van der Waals surface area contributed by atoms with Gasteiger partial charge in [0.1, 0.15) is 0 Å². The summed E-state index contributed by atoms with van der Waals surface area (Å²) in [6, 6.07) is 3.39. The van der Waals surface area contributed by atoms with E-state index < -0.39 is 0 Å². The van der Waals surface area contributed by atoms with Gasteiger partial charge in [-0.3, -0.25) is 9.78 Å². The van der Waals surface area contributed by atoms with Crippen molar-refractivity contribution in [3.63, 3.8) is 0 Å². The lowest BCUT2D eigenvalue weighted by Crippen LogP contribution is -2.48. The predicted molar refractivity (Wildman–Crippen MR) is 89.5 cm³/mol. The standard InChI is InChI=1S/C16H23ClN4O2/c1-11-8-14(22)18-6-7-21(11)15(23)20-10-16(2,3)13-5-4-12(17)9-19-13/h4-5,9,11H,6-8,10H2,1-3H3,(H,18,22)(H,20,23). The first-order chi connectivity index (χ1) is 10.8. The molecule has 1 aromatic rings. The van der Waals surface area contributed by atoms with Crippen LogP contribution in [0.15, 0.2) is 18.3 Å². The number of urea groups is 1. The van der Waals surface area contributed by atoms with Gasteiger partial charge in [-0.1, -0.05) is 25.4 Å². The Morgan fingerprint density at radius 2 is 2.26 bits per heavy atom. The first-order valence-corrected chi connectivity index (χ1v) is 8.10. The number of carbonyl (C=O) groups is 2. The van der Waals surface area contributed by atoms with E-state index in [0.29, 0.717) is 31.1 Å². The van der Waals surface area contributed by atoms with E-state index in [0.717, 1.165) is 5.69 Å². The second-order valence-corrected chi connectivity index (χ2v) is 6.94. The third-order valence-corrected chi connectivity index (χ3v) is 4.27. The number of aromatic nitrogens is 1. The van der Waals surface area contributed by atoms with Gasteiger partial charge in [0.15, 0.2) is 0 Å². The third-order valence-electron chi connectivity index (χ3n) is 4.05. The van der Waals surface area contributed by atoms with Crippen LogP contribution < -0.4 is 10.6 Å². The Hall–Kier alpha value is -1.82. The summed E-state index contributed by atoms with van der Waals surface area (Å²) in [5.41, 5.74) is 0.548. The summed E-state index contributed by atoms with van der Waals surface area (Å²) in [5, 5.41) is 6.32. The summed E-state index contributed by atoms with van der Waals surface area (Å²) in [6.45, 7) is 7.36. The average Bonchev–Trinajstić information content (AvgIpc) is 2.66. The Bertz CT molecular complexity index is 574. The zero-order valence-corrected chi connectivity index (χ0v) is 14.5. The quantitative estimate of drug-likeness (QED) is 0.884. The van der Waals surface area contributed by atoms with Crippen molar-refractivity contribution < 1.29 is 9.59 Å². The van der Waals surface area contributed by atoms with Crippen LogP contribution in [0.4, 0.5) is 4.79 Å². The second-order valence-electron chi connectivity index (χ2n) is 6.50. The molecular formula is C16H23ClN4O2. The lowest BCUT2D eigenvalue weighted by molar-refractivity contribution is -0.121. The Kier molecular flexibility index (Phi) is 5.46. The van der Waals surface area contributed by atoms with Crippen LogP contribution in [0.3, 0.4) is 0 Å². The first kappa shape index (κ1) is 17.5. The number of nitrogens with zero attached hydrogens (tertiary/aromatic N) is 2. The fourth-order valence-electron chi connectivity index (χ4n) is 2.55. The maximum absolute atomic E-state index is 12.4. The van der Waals surface area contributed by atoms with Gasteiger partial charge in [-0.25, -0.2) is 4.79 Å². The largest absolute Gasteiger partial charge is 0.354 e. The van der Waals surface area contributed by atoms with Gasteiger partial charge in [0, 0.05) is 49.4 Å². The van der Waals surface area contributed by atoms with Crippen LogP contribution in [0.1, 0.15) is 32.9 Å². The molecule has 0 bridgehead atoms. The molecule has 126 valence electrons. The van der Waals surface area contributed by atoms with E-state index >= 15 is 0 Å². The number of halogens is 1. The summed E-state index contributed by atoms with van der Waals surface area (Å²) in [4.78, 5) is 30.0. The molecular weight excluding hydrogens is 316 g/mol. The molecule has 2 rings (SSSR count). The zero-order valence-electron chi connectivity index (χ0n) is 13.7. The van der Waals surface area contributed by atoms with Crippen molar-refractivity contribution in [2.45, 2.75) is 38.6 Å². The highest BCUT2D eigenvalue weighted by molar-refractivity contribution is 6.30. The van der Waals surface area contributed by atoms with Crippen molar-refractivity contribution >= 4 is 23.5 Å². The van der Waals surface area contributed by atoms with Gasteiger partial charge in [-0.05, 0) is 19.1 Å². The summed E-state index contributed by atoms with van der Waals surface area (Å²) in [7, 11) is 0. The molecule has 0 radical (unpaired) electrons. The summed E-state index contributed by atoms with van der Waals surface area (Å²) in [5.74, 6) is -0.0153. The molecule has 1 aliphatic heterocycles. The lowest BCUT2D eigenvalue weighted by Gasteiger charge is -2.30. The SMILES string of the molecule is CC1CC(=O)NCCN1C(=O)NCC(C)(C)c1ccc(Cl)cn1. The van der Waals surface area contributed by atoms with Crippen molar-refractivity contribution in [3.05, 3.63) is 29.0 Å². The normalized spacial score (nSPS) is 19.0. The maximum Gasteiger partial charge on any atom is 0.317 e. The van der Waals surface area contributed by atoms with Gasteiger partial charge >= 0.3 is 6.03 Å². The van der Waals surface area contributed by atoms with Crippen LogP contribution in [0.5, 0.6) is 0 Å². The minimum Gasteiger partial charge on any atom is -0.354 e.